The van der Waals surface area contributed by atoms with Crippen LogP contribution in [-0.4, -0.2) is 27.1 Å². The minimum absolute atomic E-state index is 0.127. The first kappa shape index (κ1) is 9.91. The van der Waals surface area contributed by atoms with Crippen molar-refractivity contribution in [1.29, 1.82) is 0 Å². The summed E-state index contributed by atoms with van der Waals surface area (Å²) in [6, 6.07) is 4.63. The van der Waals surface area contributed by atoms with Gasteiger partial charge in [0.05, 0.1) is 11.3 Å². The number of aromatic nitrogens is 1. The van der Waals surface area contributed by atoms with Gasteiger partial charge >= 0.3 is 11.9 Å². The van der Waals surface area contributed by atoms with E-state index in [0.29, 0.717) is 6.08 Å². The van der Waals surface area contributed by atoms with Gasteiger partial charge < -0.3 is 10.2 Å². The molecule has 1 heterocycles. The zero-order valence-corrected chi connectivity index (χ0v) is 7.04. The fourth-order valence-corrected chi connectivity index (χ4v) is 0.891. The van der Waals surface area contributed by atoms with Crippen molar-refractivity contribution in [3.63, 3.8) is 0 Å². The molecule has 0 aromatic carbocycles. The Bertz CT molecular complexity index is 383. The van der Waals surface area contributed by atoms with E-state index >= 15 is 0 Å². The van der Waals surface area contributed by atoms with E-state index in [9.17, 15) is 9.59 Å². The van der Waals surface area contributed by atoms with E-state index in [1.54, 1.807) is 12.1 Å². The summed E-state index contributed by atoms with van der Waals surface area (Å²) in [6.45, 7) is 0. The third-order valence-corrected chi connectivity index (χ3v) is 1.44. The predicted octanol–water partition coefficient (Wildman–Crippen LogP) is 0.634. The van der Waals surface area contributed by atoms with Crippen molar-refractivity contribution >= 4 is 17.5 Å². The second kappa shape index (κ2) is 4.18. The Morgan fingerprint density at radius 2 is 2.00 bits per heavy atom. The van der Waals surface area contributed by atoms with E-state index in [0.717, 1.165) is 0 Å². The average Bonchev–Trinajstić information content (AvgIpc) is 2.15. The van der Waals surface area contributed by atoms with Crippen molar-refractivity contribution in [1.82, 2.24) is 4.98 Å². The van der Waals surface area contributed by atoms with Crippen LogP contribution in [0.15, 0.2) is 30.5 Å². The van der Waals surface area contributed by atoms with Crippen LogP contribution < -0.4 is 0 Å². The van der Waals surface area contributed by atoms with Crippen molar-refractivity contribution in [2.45, 2.75) is 0 Å². The highest BCUT2D eigenvalue weighted by Gasteiger charge is 2.12. The van der Waals surface area contributed by atoms with Crippen molar-refractivity contribution in [2.75, 3.05) is 0 Å². The van der Waals surface area contributed by atoms with E-state index in [4.69, 9.17) is 10.2 Å². The van der Waals surface area contributed by atoms with Gasteiger partial charge in [-0.2, -0.15) is 0 Å². The normalized spacial score (nSPS) is 11.0. The molecule has 1 aromatic rings. The molecule has 5 nitrogen and oxygen atoms in total. The van der Waals surface area contributed by atoms with Gasteiger partial charge in [-0.15, -0.1) is 0 Å². The number of aliphatic carboxylic acids is 2. The fraction of sp³-hybridized carbons (Fsp3) is 0. The zero-order valence-electron chi connectivity index (χ0n) is 7.04. The second-order valence-electron chi connectivity index (χ2n) is 2.42. The van der Waals surface area contributed by atoms with Gasteiger partial charge in [0.2, 0.25) is 0 Å². The molecule has 5 heteroatoms. The number of pyridine rings is 1. The molecule has 0 saturated carbocycles. The first-order valence-corrected chi connectivity index (χ1v) is 3.70. The molecule has 0 saturated heterocycles. The van der Waals surface area contributed by atoms with Crippen LogP contribution in [0, 0.1) is 0 Å². The van der Waals surface area contributed by atoms with Crippen LogP contribution >= 0.6 is 0 Å². The molecular weight excluding hydrogens is 186 g/mol. The van der Waals surface area contributed by atoms with Crippen molar-refractivity contribution in [2.24, 2.45) is 0 Å². The Morgan fingerprint density at radius 1 is 1.29 bits per heavy atom. The first-order chi connectivity index (χ1) is 6.61. The quantitative estimate of drug-likeness (QED) is 0.687. The summed E-state index contributed by atoms with van der Waals surface area (Å²) in [5.41, 5.74) is -0.208. The maximum atomic E-state index is 10.7. The Balaban J connectivity index is 3.14. The first-order valence-electron chi connectivity index (χ1n) is 3.70. The number of nitrogens with zero attached hydrogens (tertiary/aromatic N) is 1. The van der Waals surface area contributed by atoms with Crippen LogP contribution in [0.3, 0.4) is 0 Å². The molecule has 0 bridgehead atoms. The summed E-state index contributed by atoms with van der Waals surface area (Å²) >= 11 is 0. The largest absolute Gasteiger partial charge is 0.478 e. The van der Waals surface area contributed by atoms with Crippen LogP contribution in [0.4, 0.5) is 0 Å². The van der Waals surface area contributed by atoms with E-state index < -0.39 is 11.9 Å². The topological polar surface area (TPSA) is 87.5 Å². The molecule has 72 valence electrons. The lowest BCUT2D eigenvalue weighted by atomic mass is 10.1. The summed E-state index contributed by atoms with van der Waals surface area (Å²) in [7, 11) is 0. The summed E-state index contributed by atoms with van der Waals surface area (Å²) in [5, 5.41) is 17.1. The average molecular weight is 193 g/mol. The molecule has 0 radical (unpaired) electrons. The molecular formula is C9H7NO4. The van der Waals surface area contributed by atoms with Crippen molar-refractivity contribution in [3.8, 4) is 0 Å². The van der Waals surface area contributed by atoms with Crippen LogP contribution in [0.25, 0.3) is 5.57 Å². The minimum atomic E-state index is -1.31. The van der Waals surface area contributed by atoms with Crippen LogP contribution in [0.1, 0.15) is 5.69 Å². The standard InChI is InChI=1S/C9H7NO4/c11-8(12)5-6(9(13)14)7-3-1-2-4-10-7/h1-5H,(H,11,12)(H,13,14)/b6-5-. The summed E-state index contributed by atoms with van der Waals surface area (Å²) in [5.74, 6) is -2.63. The van der Waals surface area contributed by atoms with Crippen molar-refractivity contribution in [3.05, 3.63) is 36.2 Å². The maximum absolute atomic E-state index is 10.7. The number of hydrogen-bond donors (Lipinski definition) is 2. The lowest BCUT2D eigenvalue weighted by molar-refractivity contribution is -0.133. The summed E-state index contributed by atoms with van der Waals surface area (Å²) in [4.78, 5) is 24.7. The number of hydrogen-bond acceptors (Lipinski definition) is 3. The van der Waals surface area contributed by atoms with E-state index in [-0.39, 0.29) is 11.3 Å². The smallest absolute Gasteiger partial charge is 0.338 e. The van der Waals surface area contributed by atoms with Gasteiger partial charge in [0.1, 0.15) is 0 Å². The zero-order chi connectivity index (χ0) is 10.6. The number of carbonyl (C=O) groups is 2. The minimum Gasteiger partial charge on any atom is -0.478 e. The summed E-state index contributed by atoms with van der Waals surface area (Å²) < 4.78 is 0. The highest BCUT2D eigenvalue weighted by Crippen LogP contribution is 2.10. The van der Waals surface area contributed by atoms with Gasteiger partial charge in [-0.25, -0.2) is 9.59 Å². The molecule has 0 atom stereocenters. The van der Waals surface area contributed by atoms with Crippen molar-refractivity contribution < 1.29 is 19.8 Å². The van der Waals surface area contributed by atoms with Gasteiger partial charge in [-0.05, 0) is 12.1 Å². The third kappa shape index (κ3) is 2.41. The van der Waals surface area contributed by atoms with Gasteiger partial charge in [-0.1, -0.05) is 6.07 Å². The van der Waals surface area contributed by atoms with E-state index in [1.165, 1.54) is 12.3 Å². The Kier molecular flexibility index (Phi) is 2.96. The summed E-state index contributed by atoms with van der Waals surface area (Å²) in [6.07, 6.45) is 2.01. The highest BCUT2D eigenvalue weighted by atomic mass is 16.4. The highest BCUT2D eigenvalue weighted by molar-refractivity contribution is 6.18. The molecule has 0 spiro atoms. The number of carboxylic acids is 2. The number of carboxylic acid groups (broad SMARTS) is 2. The maximum Gasteiger partial charge on any atom is 0.338 e. The van der Waals surface area contributed by atoms with Crippen LogP contribution in [-0.2, 0) is 9.59 Å². The molecule has 1 aromatic heterocycles. The van der Waals surface area contributed by atoms with Crippen LogP contribution in [0.2, 0.25) is 0 Å². The SMILES string of the molecule is O=C(O)/C=C(\C(=O)O)c1ccccn1. The van der Waals surface area contributed by atoms with Gasteiger partial charge in [-0.3, -0.25) is 4.98 Å². The Labute approximate surface area is 79.3 Å². The second-order valence-corrected chi connectivity index (χ2v) is 2.42. The van der Waals surface area contributed by atoms with Gasteiger partial charge in [0.15, 0.2) is 0 Å². The third-order valence-electron chi connectivity index (χ3n) is 1.44. The van der Waals surface area contributed by atoms with E-state index in [1.807, 2.05) is 0 Å². The molecule has 1 rings (SSSR count). The fourth-order valence-electron chi connectivity index (χ4n) is 0.891. The lowest BCUT2D eigenvalue weighted by Crippen LogP contribution is -2.04. The van der Waals surface area contributed by atoms with Crippen LogP contribution in [0.5, 0.6) is 0 Å². The van der Waals surface area contributed by atoms with Gasteiger partial charge in [0.25, 0.3) is 0 Å². The Morgan fingerprint density at radius 3 is 2.43 bits per heavy atom. The number of rotatable bonds is 3. The molecule has 0 aliphatic rings. The monoisotopic (exact) mass is 193 g/mol. The molecule has 0 aliphatic carbocycles. The predicted molar refractivity (Wildman–Crippen MR) is 47.5 cm³/mol. The molecule has 0 aliphatic heterocycles. The molecule has 14 heavy (non-hydrogen) atoms. The molecule has 2 N–H and O–H groups in total. The molecule has 0 amide bonds. The molecule has 0 fully saturated rings. The Hall–Kier alpha value is -2.17. The molecule has 0 unspecified atom stereocenters. The van der Waals surface area contributed by atoms with Gasteiger partial charge in [0, 0.05) is 12.3 Å². The van der Waals surface area contributed by atoms with E-state index in [2.05, 4.69) is 4.98 Å². The lowest BCUT2D eigenvalue weighted by Gasteiger charge is -1.98.